The molecule has 9 nitrogen and oxygen atoms in total. The number of pyridine rings is 1. The summed E-state index contributed by atoms with van der Waals surface area (Å²) in [6.07, 6.45) is -2.91. The topological polar surface area (TPSA) is 138 Å². The number of nitrogens with zero attached hydrogens (tertiary/aromatic N) is 1. The first-order valence-corrected chi connectivity index (χ1v) is 13.5. The number of halogens is 4. The van der Waals surface area contributed by atoms with Gasteiger partial charge >= 0.3 is 18.1 Å². The second-order valence-electron chi connectivity index (χ2n) is 9.40. The maximum atomic E-state index is 14.3. The Morgan fingerprint density at radius 1 is 0.889 bits per heavy atom. The maximum Gasteiger partial charge on any atom is 0.490 e. The fourth-order valence-corrected chi connectivity index (χ4v) is 3.94. The van der Waals surface area contributed by atoms with Crippen molar-refractivity contribution in [2.24, 2.45) is 0 Å². The number of amides is 1. The van der Waals surface area contributed by atoms with Gasteiger partial charge in [-0.1, -0.05) is 42.5 Å². The third-order valence-corrected chi connectivity index (χ3v) is 6.08. The van der Waals surface area contributed by atoms with Crippen molar-refractivity contribution in [3.63, 3.8) is 0 Å². The van der Waals surface area contributed by atoms with Gasteiger partial charge in [0.1, 0.15) is 17.4 Å². The molecule has 4 rings (SSSR count). The number of carboxylic acids is 2. The summed E-state index contributed by atoms with van der Waals surface area (Å²) in [7, 11) is 0. The summed E-state index contributed by atoms with van der Waals surface area (Å²) in [4.78, 5) is 37.6. The number of carboxylic acid groups (broad SMARTS) is 2. The fraction of sp³-hybridized carbons (Fsp3) is 0.188. The van der Waals surface area contributed by atoms with Crippen molar-refractivity contribution < 1.29 is 46.9 Å². The fourth-order valence-electron chi connectivity index (χ4n) is 3.94. The molecule has 0 spiro atoms. The first-order chi connectivity index (χ1) is 21.4. The number of aromatic nitrogens is 1. The summed E-state index contributed by atoms with van der Waals surface area (Å²) < 4.78 is 51.8. The van der Waals surface area contributed by atoms with E-state index in [2.05, 4.69) is 15.6 Å². The molecule has 0 fully saturated rings. The minimum absolute atomic E-state index is 0.319. The second-order valence-corrected chi connectivity index (χ2v) is 9.40. The number of ether oxygens (including phenoxy) is 1. The number of benzene rings is 3. The van der Waals surface area contributed by atoms with Crippen molar-refractivity contribution in [3.8, 4) is 16.9 Å². The summed E-state index contributed by atoms with van der Waals surface area (Å²) in [5.74, 6) is -3.18. The first kappa shape index (κ1) is 34.0. The van der Waals surface area contributed by atoms with Gasteiger partial charge < -0.3 is 25.6 Å². The number of hydrogen-bond donors (Lipinski definition) is 4. The van der Waals surface area contributed by atoms with Gasteiger partial charge in [-0.15, -0.1) is 0 Å². The van der Waals surface area contributed by atoms with Crippen molar-refractivity contribution in [1.82, 2.24) is 10.3 Å². The van der Waals surface area contributed by atoms with Crippen molar-refractivity contribution in [2.45, 2.75) is 25.1 Å². The highest BCUT2D eigenvalue weighted by Crippen LogP contribution is 2.27. The molecule has 0 aliphatic carbocycles. The van der Waals surface area contributed by atoms with E-state index in [1.807, 2.05) is 18.2 Å². The number of carbonyl (C=O) groups excluding carboxylic acids is 1. The van der Waals surface area contributed by atoms with Crippen LogP contribution in [0.2, 0.25) is 0 Å². The third-order valence-electron chi connectivity index (χ3n) is 6.08. The van der Waals surface area contributed by atoms with Gasteiger partial charge in [0.25, 0.3) is 5.91 Å². The van der Waals surface area contributed by atoms with Crippen LogP contribution >= 0.6 is 0 Å². The Morgan fingerprint density at radius 2 is 1.58 bits per heavy atom. The molecule has 1 aromatic heterocycles. The SMILES string of the molecule is O=C(O)C(F)(F)F.O=C(O)CC(NC(=O)c1ccc(OCCCNc2ccccn2)cc1)c1cccc(-c2ccccc2F)c1. The maximum absolute atomic E-state index is 14.3. The van der Waals surface area contributed by atoms with Crippen molar-refractivity contribution in [1.29, 1.82) is 0 Å². The van der Waals surface area contributed by atoms with Crippen molar-refractivity contribution in [3.05, 3.63) is 114 Å². The molecule has 13 heteroatoms. The normalized spacial score (nSPS) is 11.4. The van der Waals surface area contributed by atoms with Crippen LogP contribution in [0.15, 0.2) is 97.2 Å². The van der Waals surface area contributed by atoms with E-state index >= 15 is 0 Å². The van der Waals surface area contributed by atoms with Crippen LogP contribution in [0, 0.1) is 5.82 Å². The molecule has 1 atom stereocenters. The Kier molecular flexibility index (Phi) is 12.4. The molecule has 4 aromatic rings. The van der Waals surface area contributed by atoms with E-state index in [0.717, 1.165) is 12.2 Å². The molecule has 0 saturated heterocycles. The third kappa shape index (κ3) is 11.3. The van der Waals surface area contributed by atoms with Gasteiger partial charge in [-0.3, -0.25) is 9.59 Å². The lowest BCUT2D eigenvalue weighted by atomic mass is 9.97. The number of nitrogens with one attached hydrogen (secondary N) is 2. The number of carbonyl (C=O) groups is 3. The van der Waals surface area contributed by atoms with Gasteiger partial charge in [0.15, 0.2) is 0 Å². The summed E-state index contributed by atoms with van der Waals surface area (Å²) in [6, 6.07) is 24.8. The molecule has 1 unspecified atom stereocenters. The molecule has 1 amide bonds. The van der Waals surface area contributed by atoms with Crippen LogP contribution in [0.1, 0.15) is 34.8 Å². The number of hydrogen-bond acceptors (Lipinski definition) is 6. The highest BCUT2D eigenvalue weighted by atomic mass is 19.4. The smallest absolute Gasteiger partial charge is 0.490 e. The highest BCUT2D eigenvalue weighted by molar-refractivity contribution is 5.94. The average Bonchev–Trinajstić information content (AvgIpc) is 3.01. The summed E-state index contributed by atoms with van der Waals surface area (Å²) >= 11 is 0. The monoisotopic (exact) mass is 627 g/mol. The molecule has 0 bridgehead atoms. The number of alkyl halides is 3. The minimum atomic E-state index is -5.08. The Morgan fingerprint density at radius 3 is 2.20 bits per heavy atom. The van der Waals surface area contributed by atoms with E-state index in [9.17, 15) is 32.3 Å². The zero-order valence-corrected chi connectivity index (χ0v) is 23.6. The molecule has 0 radical (unpaired) electrons. The molecule has 45 heavy (non-hydrogen) atoms. The quantitative estimate of drug-likeness (QED) is 0.105. The van der Waals surface area contributed by atoms with E-state index < -0.39 is 30.1 Å². The van der Waals surface area contributed by atoms with Crippen LogP contribution in [-0.4, -0.2) is 52.4 Å². The predicted molar refractivity (Wildman–Crippen MR) is 157 cm³/mol. The lowest BCUT2D eigenvalue weighted by molar-refractivity contribution is -0.192. The predicted octanol–water partition coefficient (Wildman–Crippen LogP) is 6.35. The molecule has 0 aliphatic rings. The molecule has 1 heterocycles. The molecule has 0 saturated carbocycles. The number of aliphatic carboxylic acids is 2. The summed E-state index contributed by atoms with van der Waals surface area (Å²) in [5.41, 5.74) is 1.94. The van der Waals surface area contributed by atoms with Crippen LogP contribution in [0.3, 0.4) is 0 Å². The van der Waals surface area contributed by atoms with Crippen LogP contribution in [-0.2, 0) is 9.59 Å². The van der Waals surface area contributed by atoms with Gasteiger partial charge in [0.2, 0.25) is 0 Å². The van der Waals surface area contributed by atoms with Crippen molar-refractivity contribution >= 4 is 23.7 Å². The highest BCUT2D eigenvalue weighted by Gasteiger charge is 2.38. The van der Waals surface area contributed by atoms with Crippen LogP contribution in [0.4, 0.5) is 23.4 Å². The van der Waals surface area contributed by atoms with Crippen LogP contribution in [0.5, 0.6) is 5.75 Å². The molecule has 0 aliphatic heterocycles. The molecular weight excluding hydrogens is 598 g/mol. The van der Waals surface area contributed by atoms with Gasteiger partial charge in [-0.25, -0.2) is 14.2 Å². The van der Waals surface area contributed by atoms with Crippen LogP contribution < -0.4 is 15.4 Å². The zero-order chi connectivity index (χ0) is 32.8. The standard InChI is InChI=1S/C30H28FN3O4.C2HF3O2/c31-26-10-2-1-9-25(26)22-7-5-8-23(19-22)27(20-29(35)36)34-30(37)21-12-14-24(15-13-21)38-18-6-17-33-28-11-3-4-16-32-28;3-2(4,5)1(6)7/h1-5,7-16,19,27H,6,17-18,20H2,(H,32,33)(H,34,37)(H,35,36);(H,6,7). The Bertz CT molecular complexity index is 1570. The van der Waals surface area contributed by atoms with E-state index in [-0.39, 0.29) is 12.2 Å². The Hall–Kier alpha value is -5.46. The van der Waals surface area contributed by atoms with E-state index in [1.54, 1.807) is 72.9 Å². The molecule has 4 N–H and O–H groups in total. The van der Waals surface area contributed by atoms with Gasteiger partial charge in [0.05, 0.1) is 19.1 Å². The first-order valence-electron chi connectivity index (χ1n) is 13.5. The van der Waals surface area contributed by atoms with Crippen molar-refractivity contribution in [2.75, 3.05) is 18.5 Å². The molecule has 3 aromatic carbocycles. The average molecular weight is 628 g/mol. The van der Waals surface area contributed by atoms with E-state index in [4.69, 9.17) is 14.6 Å². The van der Waals surface area contributed by atoms with Crippen LogP contribution in [0.25, 0.3) is 11.1 Å². The Labute approximate surface area is 255 Å². The number of anilines is 1. The second kappa shape index (κ2) is 16.4. The van der Waals surface area contributed by atoms with Gasteiger partial charge in [0, 0.05) is 23.9 Å². The van der Waals surface area contributed by atoms with E-state index in [0.29, 0.717) is 41.2 Å². The number of rotatable bonds is 12. The minimum Gasteiger partial charge on any atom is -0.494 e. The summed E-state index contributed by atoms with van der Waals surface area (Å²) in [6.45, 7) is 1.20. The zero-order valence-electron chi connectivity index (χ0n) is 23.6. The van der Waals surface area contributed by atoms with Gasteiger partial charge in [-0.05, 0) is 66.1 Å². The lowest BCUT2D eigenvalue weighted by Gasteiger charge is -2.19. The summed E-state index contributed by atoms with van der Waals surface area (Å²) in [5, 5.41) is 22.6. The Balaban J connectivity index is 0.000000707. The molecule has 236 valence electrons. The molecular formula is C32H29F4N3O6. The largest absolute Gasteiger partial charge is 0.494 e. The van der Waals surface area contributed by atoms with E-state index in [1.165, 1.54) is 6.07 Å². The van der Waals surface area contributed by atoms with Gasteiger partial charge in [-0.2, -0.15) is 13.2 Å². The lowest BCUT2D eigenvalue weighted by Crippen LogP contribution is -2.30.